The SMILES string of the molecule is CCCN(CC(=O)Nc1cc(Cl)ccc1Cl)CC1CCCNC1.Cl. The second kappa shape index (κ2) is 11.2. The average Bonchev–Trinajstić information content (AvgIpc) is 2.52. The van der Waals surface area contributed by atoms with Crippen molar-refractivity contribution in [2.24, 2.45) is 5.92 Å². The highest BCUT2D eigenvalue weighted by atomic mass is 35.5. The number of nitrogens with zero attached hydrogens (tertiary/aromatic N) is 1. The number of amides is 1. The number of halogens is 3. The first-order valence-corrected chi connectivity index (χ1v) is 9.02. The summed E-state index contributed by atoms with van der Waals surface area (Å²) >= 11 is 12.1. The average molecular weight is 395 g/mol. The summed E-state index contributed by atoms with van der Waals surface area (Å²) in [4.78, 5) is 14.6. The Balaban J connectivity index is 0.00000288. The molecular formula is C17H26Cl3N3O. The molecule has 1 atom stereocenters. The zero-order valence-corrected chi connectivity index (χ0v) is 16.3. The van der Waals surface area contributed by atoms with Crippen molar-refractivity contribution in [1.82, 2.24) is 10.2 Å². The first-order valence-electron chi connectivity index (χ1n) is 8.26. The number of carbonyl (C=O) groups excluding carboxylic acids is 1. The minimum atomic E-state index is -0.0496. The van der Waals surface area contributed by atoms with E-state index < -0.39 is 0 Å². The number of hydrogen-bond acceptors (Lipinski definition) is 3. The molecule has 1 aliphatic heterocycles. The molecule has 4 nitrogen and oxygen atoms in total. The number of anilines is 1. The third kappa shape index (κ3) is 7.16. The van der Waals surface area contributed by atoms with Gasteiger partial charge in [0.1, 0.15) is 0 Å². The molecular weight excluding hydrogens is 369 g/mol. The lowest BCUT2D eigenvalue weighted by Crippen LogP contribution is -2.41. The quantitative estimate of drug-likeness (QED) is 0.733. The molecule has 0 spiro atoms. The van der Waals surface area contributed by atoms with E-state index in [2.05, 4.69) is 22.5 Å². The van der Waals surface area contributed by atoms with Crippen molar-refractivity contribution in [2.75, 3.05) is 38.0 Å². The van der Waals surface area contributed by atoms with Crippen LogP contribution in [0.4, 0.5) is 5.69 Å². The molecule has 1 fully saturated rings. The topological polar surface area (TPSA) is 44.4 Å². The van der Waals surface area contributed by atoms with Crippen LogP contribution >= 0.6 is 35.6 Å². The van der Waals surface area contributed by atoms with Crippen LogP contribution in [0.2, 0.25) is 10.0 Å². The van der Waals surface area contributed by atoms with Gasteiger partial charge in [0.05, 0.1) is 17.3 Å². The fourth-order valence-corrected chi connectivity index (χ4v) is 3.32. The van der Waals surface area contributed by atoms with Crippen LogP contribution in [0.1, 0.15) is 26.2 Å². The summed E-state index contributed by atoms with van der Waals surface area (Å²) < 4.78 is 0. The van der Waals surface area contributed by atoms with Crippen molar-refractivity contribution < 1.29 is 4.79 Å². The molecule has 136 valence electrons. The predicted octanol–water partition coefficient (Wildman–Crippen LogP) is 4.07. The van der Waals surface area contributed by atoms with E-state index in [-0.39, 0.29) is 18.3 Å². The first kappa shape index (κ1) is 21.5. The zero-order chi connectivity index (χ0) is 16.7. The Labute approximate surface area is 160 Å². The summed E-state index contributed by atoms with van der Waals surface area (Å²) in [7, 11) is 0. The van der Waals surface area contributed by atoms with Crippen LogP contribution in [0.25, 0.3) is 0 Å². The van der Waals surface area contributed by atoms with E-state index in [1.165, 1.54) is 12.8 Å². The summed E-state index contributed by atoms with van der Waals surface area (Å²) in [6, 6.07) is 5.08. The molecule has 24 heavy (non-hydrogen) atoms. The molecule has 0 saturated carbocycles. The maximum atomic E-state index is 12.3. The van der Waals surface area contributed by atoms with E-state index in [0.29, 0.717) is 28.2 Å². The maximum Gasteiger partial charge on any atom is 0.238 e. The van der Waals surface area contributed by atoms with Crippen LogP contribution < -0.4 is 10.6 Å². The summed E-state index contributed by atoms with van der Waals surface area (Å²) in [5.74, 6) is 0.573. The van der Waals surface area contributed by atoms with Crippen molar-refractivity contribution in [3.05, 3.63) is 28.2 Å². The number of rotatable bonds is 7. The third-order valence-electron chi connectivity index (χ3n) is 4.02. The predicted molar refractivity (Wildman–Crippen MR) is 105 cm³/mol. The van der Waals surface area contributed by atoms with E-state index in [4.69, 9.17) is 23.2 Å². The van der Waals surface area contributed by atoms with Crippen molar-refractivity contribution in [3.63, 3.8) is 0 Å². The number of hydrogen-bond donors (Lipinski definition) is 2. The third-order valence-corrected chi connectivity index (χ3v) is 4.59. The fraction of sp³-hybridized carbons (Fsp3) is 0.588. The number of nitrogens with one attached hydrogen (secondary N) is 2. The number of benzene rings is 1. The van der Waals surface area contributed by atoms with Gasteiger partial charge >= 0.3 is 0 Å². The Morgan fingerprint density at radius 2 is 2.21 bits per heavy atom. The van der Waals surface area contributed by atoms with Gasteiger partial charge in [0, 0.05) is 11.6 Å². The number of piperidine rings is 1. The number of carbonyl (C=O) groups is 1. The molecule has 7 heteroatoms. The smallest absolute Gasteiger partial charge is 0.238 e. The highest BCUT2D eigenvalue weighted by Gasteiger charge is 2.18. The van der Waals surface area contributed by atoms with Crippen LogP contribution in [-0.4, -0.2) is 43.5 Å². The zero-order valence-electron chi connectivity index (χ0n) is 14.0. The molecule has 1 aromatic carbocycles. The Morgan fingerprint density at radius 1 is 1.42 bits per heavy atom. The van der Waals surface area contributed by atoms with Crippen molar-refractivity contribution in [3.8, 4) is 0 Å². The van der Waals surface area contributed by atoms with Crippen molar-refractivity contribution in [1.29, 1.82) is 0 Å². The van der Waals surface area contributed by atoms with Gasteiger partial charge in [-0.15, -0.1) is 12.4 Å². The normalized spacial score (nSPS) is 17.4. The van der Waals surface area contributed by atoms with Gasteiger partial charge in [-0.05, 0) is 63.0 Å². The molecule has 2 rings (SSSR count). The van der Waals surface area contributed by atoms with Gasteiger partial charge in [0.2, 0.25) is 5.91 Å². The van der Waals surface area contributed by atoms with Crippen LogP contribution in [0.5, 0.6) is 0 Å². The summed E-state index contributed by atoms with van der Waals surface area (Å²) in [5.41, 5.74) is 0.569. The van der Waals surface area contributed by atoms with E-state index in [9.17, 15) is 4.79 Å². The van der Waals surface area contributed by atoms with Crippen LogP contribution in [0.15, 0.2) is 18.2 Å². The Hall–Kier alpha value is -0.520. The van der Waals surface area contributed by atoms with Crippen LogP contribution in [-0.2, 0) is 4.79 Å². The highest BCUT2D eigenvalue weighted by molar-refractivity contribution is 6.35. The minimum Gasteiger partial charge on any atom is -0.324 e. The molecule has 0 radical (unpaired) electrons. The Morgan fingerprint density at radius 3 is 2.88 bits per heavy atom. The summed E-state index contributed by atoms with van der Waals surface area (Å²) in [6.07, 6.45) is 3.48. The standard InChI is InChI=1S/C17H25Cl2N3O.ClH/c1-2-8-22(11-13-4-3-7-20-10-13)12-17(23)21-16-9-14(18)5-6-15(16)19;/h5-6,9,13,20H,2-4,7-8,10-12H2,1H3,(H,21,23);1H. The van der Waals surface area contributed by atoms with Gasteiger partial charge in [-0.1, -0.05) is 30.1 Å². The largest absolute Gasteiger partial charge is 0.324 e. The van der Waals surface area contributed by atoms with E-state index in [1.807, 2.05) is 0 Å². The molecule has 2 N–H and O–H groups in total. The molecule has 1 amide bonds. The molecule has 0 aromatic heterocycles. The molecule has 0 bridgehead atoms. The van der Waals surface area contributed by atoms with Crippen molar-refractivity contribution >= 4 is 47.2 Å². The monoisotopic (exact) mass is 393 g/mol. The van der Waals surface area contributed by atoms with E-state index in [0.717, 1.165) is 32.6 Å². The van der Waals surface area contributed by atoms with Crippen LogP contribution in [0.3, 0.4) is 0 Å². The van der Waals surface area contributed by atoms with Crippen molar-refractivity contribution in [2.45, 2.75) is 26.2 Å². The van der Waals surface area contributed by atoms with E-state index >= 15 is 0 Å². The lowest BCUT2D eigenvalue weighted by atomic mass is 9.99. The Bertz CT molecular complexity index is 522. The fourth-order valence-electron chi connectivity index (χ4n) is 2.98. The first-order chi connectivity index (χ1) is 11.1. The molecule has 1 aromatic rings. The summed E-state index contributed by atoms with van der Waals surface area (Å²) in [5, 5.41) is 7.35. The Kier molecular flexibility index (Phi) is 10.0. The molecule has 0 aliphatic carbocycles. The van der Waals surface area contributed by atoms with Gasteiger partial charge in [0.25, 0.3) is 0 Å². The highest BCUT2D eigenvalue weighted by Crippen LogP contribution is 2.25. The summed E-state index contributed by atoms with van der Waals surface area (Å²) in [6.45, 7) is 6.55. The lowest BCUT2D eigenvalue weighted by molar-refractivity contribution is -0.117. The molecule has 1 saturated heterocycles. The lowest BCUT2D eigenvalue weighted by Gasteiger charge is -2.29. The minimum absolute atomic E-state index is 0. The molecule has 1 unspecified atom stereocenters. The molecule has 1 heterocycles. The van der Waals surface area contributed by atoms with Gasteiger partial charge < -0.3 is 10.6 Å². The molecule has 1 aliphatic rings. The van der Waals surface area contributed by atoms with E-state index in [1.54, 1.807) is 18.2 Å². The van der Waals surface area contributed by atoms with Crippen LogP contribution in [0, 0.1) is 5.92 Å². The van der Waals surface area contributed by atoms with Gasteiger partial charge in [0.15, 0.2) is 0 Å². The second-order valence-corrected chi connectivity index (χ2v) is 6.96. The van der Waals surface area contributed by atoms with Gasteiger partial charge in [-0.25, -0.2) is 0 Å². The van der Waals surface area contributed by atoms with Gasteiger partial charge in [-0.3, -0.25) is 9.69 Å². The maximum absolute atomic E-state index is 12.3. The van der Waals surface area contributed by atoms with Gasteiger partial charge in [-0.2, -0.15) is 0 Å². The second-order valence-electron chi connectivity index (χ2n) is 6.12.